The standard InChI is InChI=1S/C13H18N4O3/c1-9-8-11(2-3-12(9)17(19)20)16-6-4-10(5-7-16)15-13(14)18/h2-3,8,10H,4-7H2,1H3,(H3,14,15,18). The van der Waals surface area contributed by atoms with Gasteiger partial charge in [0.1, 0.15) is 0 Å². The van der Waals surface area contributed by atoms with Crippen molar-refractivity contribution in [3.63, 3.8) is 0 Å². The monoisotopic (exact) mass is 278 g/mol. The largest absolute Gasteiger partial charge is 0.371 e. The number of hydrogen-bond donors (Lipinski definition) is 2. The first-order valence-corrected chi connectivity index (χ1v) is 6.53. The smallest absolute Gasteiger partial charge is 0.312 e. The van der Waals surface area contributed by atoms with Crippen LogP contribution in [0.4, 0.5) is 16.2 Å². The second-order valence-corrected chi connectivity index (χ2v) is 5.00. The molecule has 7 heteroatoms. The summed E-state index contributed by atoms with van der Waals surface area (Å²) in [6.07, 6.45) is 1.64. The molecule has 1 aliphatic rings. The Morgan fingerprint density at radius 2 is 2.10 bits per heavy atom. The van der Waals surface area contributed by atoms with E-state index >= 15 is 0 Å². The molecule has 1 heterocycles. The van der Waals surface area contributed by atoms with Gasteiger partial charge in [-0.05, 0) is 31.9 Å². The van der Waals surface area contributed by atoms with Gasteiger partial charge in [-0.2, -0.15) is 0 Å². The minimum absolute atomic E-state index is 0.114. The minimum Gasteiger partial charge on any atom is -0.371 e. The summed E-state index contributed by atoms with van der Waals surface area (Å²) in [6.45, 7) is 3.33. The fraction of sp³-hybridized carbons (Fsp3) is 0.462. The van der Waals surface area contributed by atoms with Crippen LogP contribution in [0.5, 0.6) is 0 Å². The second-order valence-electron chi connectivity index (χ2n) is 5.00. The molecule has 1 aromatic rings. The number of primary amides is 1. The van der Waals surface area contributed by atoms with Crippen LogP contribution < -0.4 is 16.0 Å². The van der Waals surface area contributed by atoms with E-state index in [1.165, 1.54) is 0 Å². The SMILES string of the molecule is Cc1cc(N2CCC(NC(N)=O)CC2)ccc1[N+](=O)[O-]. The zero-order chi connectivity index (χ0) is 14.7. The van der Waals surface area contributed by atoms with Crippen molar-refractivity contribution < 1.29 is 9.72 Å². The predicted molar refractivity (Wildman–Crippen MR) is 75.8 cm³/mol. The molecule has 0 bridgehead atoms. The highest BCUT2D eigenvalue weighted by Gasteiger charge is 2.21. The van der Waals surface area contributed by atoms with E-state index in [2.05, 4.69) is 10.2 Å². The number of nitro benzene ring substituents is 1. The number of rotatable bonds is 3. The van der Waals surface area contributed by atoms with Crippen LogP contribution in [0, 0.1) is 17.0 Å². The van der Waals surface area contributed by atoms with Crippen LogP contribution in [-0.2, 0) is 0 Å². The zero-order valence-corrected chi connectivity index (χ0v) is 11.3. The molecule has 1 aliphatic heterocycles. The van der Waals surface area contributed by atoms with E-state index in [-0.39, 0.29) is 16.7 Å². The average Bonchev–Trinajstić information content (AvgIpc) is 2.38. The molecule has 0 radical (unpaired) electrons. The number of carbonyl (C=O) groups excluding carboxylic acids is 1. The van der Waals surface area contributed by atoms with Crippen molar-refractivity contribution in [1.29, 1.82) is 0 Å². The number of hydrogen-bond acceptors (Lipinski definition) is 4. The van der Waals surface area contributed by atoms with Crippen LogP contribution in [0.3, 0.4) is 0 Å². The molecule has 1 saturated heterocycles. The molecular formula is C13H18N4O3. The van der Waals surface area contributed by atoms with Gasteiger partial charge < -0.3 is 16.0 Å². The number of nitrogens with one attached hydrogen (secondary N) is 1. The first-order valence-electron chi connectivity index (χ1n) is 6.53. The summed E-state index contributed by atoms with van der Waals surface area (Å²) < 4.78 is 0. The molecule has 0 spiro atoms. The Bertz CT molecular complexity index is 524. The van der Waals surface area contributed by atoms with Crippen molar-refractivity contribution in [2.75, 3.05) is 18.0 Å². The number of anilines is 1. The van der Waals surface area contributed by atoms with Gasteiger partial charge in [0.05, 0.1) is 4.92 Å². The maximum Gasteiger partial charge on any atom is 0.312 e. The van der Waals surface area contributed by atoms with Gasteiger partial charge in [-0.15, -0.1) is 0 Å². The van der Waals surface area contributed by atoms with Gasteiger partial charge >= 0.3 is 6.03 Å². The second kappa shape index (κ2) is 5.77. The fourth-order valence-corrected chi connectivity index (χ4v) is 2.52. The van der Waals surface area contributed by atoms with Crippen LogP contribution in [0.25, 0.3) is 0 Å². The number of urea groups is 1. The Hall–Kier alpha value is -2.31. The lowest BCUT2D eigenvalue weighted by Gasteiger charge is -2.33. The number of nitrogens with two attached hydrogens (primary N) is 1. The Labute approximate surface area is 116 Å². The lowest BCUT2D eigenvalue weighted by atomic mass is 10.0. The third kappa shape index (κ3) is 3.17. The number of amides is 2. The average molecular weight is 278 g/mol. The summed E-state index contributed by atoms with van der Waals surface area (Å²) in [4.78, 5) is 23.4. The van der Waals surface area contributed by atoms with Gasteiger partial charge in [0.15, 0.2) is 0 Å². The maximum absolute atomic E-state index is 10.8. The van der Waals surface area contributed by atoms with E-state index in [1.54, 1.807) is 19.1 Å². The molecule has 0 aromatic heterocycles. The molecule has 2 amide bonds. The molecule has 3 N–H and O–H groups in total. The molecule has 7 nitrogen and oxygen atoms in total. The van der Waals surface area contributed by atoms with Crippen LogP contribution in [0.2, 0.25) is 0 Å². The third-order valence-electron chi connectivity index (χ3n) is 3.58. The molecule has 108 valence electrons. The number of piperidine rings is 1. The van der Waals surface area contributed by atoms with Gasteiger partial charge in [-0.25, -0.2) is 4.79 Å². The van der Waals surface area contributed by atoms with Crippen molar-refractivity contribution in [3.8, 4) is 0 Å². The highest BCUT2D eigenvalue weighted by molar-refractivity contribution is 5.72. The Kier molecular flexibility index (Phi) is 4.07. The summed E-state index contributed by atoms with van der Waals surface area (Å²) in [6, 6.07) is 4.77. The summed E-state index contributed by atoms with van der Waals surface area (Å²) in [7, 11) is 0. The summed E-state index contributed by atoms with van der Waals surface area (Å²) >= 11 is 0. The van der Waals surface area contributed by atoms with Gasteiger partial charge in [-0.3, -0.25) is 10.1 Å². The molecule has 0 saturated carbocycles. The van der Waals surface area contributed by atoms with Gasteiger partial charge in [-0.1, -0.05) is 0 Å². The Morgan fingerprint density at radius 3 is 2.60 bits per heavy atom. The zero-order valence-electron chi connectivity index (χ0n) is 11.3. The van der Waals surface area contributed by atoms with Gasteiger partial charge in [0.25, 0.3) is 5.69 Å². The molecule has 0 unspecified atom stereocenters. The molecular weight excluding hydrogens is 260 g/mol. The van der Waals surface area contributed by atoms with Crippen molar-refractivity contribution >= 4 is 17.4 Å². The molecule has 2 rings (SSSR count). The fourth-order valence-electron chi connectivity index (χ4n) is 2.52. The summed E-state index contributed by atoms with van der Waals surface area (Å²) in [5, 5.41) is 13.5. The normalized spacial score (nSPS) is 15.9. The Balaban J connectivity index is 2.02. The summed E-state index contributed by atoms with van der Waals surface area (Å²) in [5.74, 6) is 0. The van der Waals surface area contributed by atoms with E-state index in [4.69, 9.17) is 5.73 Å². The first-order chi connectivity index (χ1) is 9.47. The molecule has 0 aliphatic carbocycles. The van der Waals surface area contributed by atoms with Crippen LogP contribution in [0.15, 0.2) is 18.2 Å². The number of nitrogens with zero attached hydrogens (tertiary/aromatic N) is 2. The molecule has 1 aromatic carbocycles. The van der Waals surface area contributed by atoms with Crippen LogP contribution in [0.1, 0.15) is 18.4 Å². The maximum atomic E-state index is 10.8. The lowest BCUT2D eigenvalue weighted by molar-refractivity contribution is -0.385. The molecule has 20 heavy (non-hydrogen) atoms. The van der Waals surface area contributed by atoms with Crippen molar-refractivity contribution in [2.45, 2.75) is 25.8 Å². The van der Waals surface area contributed by atoms with Crippen molar-refractivity contribution in [1.82, 2.24) is 5.32 Å². The van der Waals surface area contributed by atoms with E-state index in [1.807, 2.05) is 6.07 Å². The number of benzene rings is 1. The van der Waals surface area contributed by atoms with Gasteiger partial charge in [0.2, 0.25) is 0 Å². The minimum atomic E-state index is -0.491. The van der Waals surface area contributed by atoms with E-state index < -0.39 is 6.03 Å². The highest BCUT2D eigenvalue weighted by atomic mass is 16.6. The first kappa shape index (κ1) is 14.1. The van der Waals surface area contributed by atoms with Gasteiger partial charge in [0, 0.05) is 36.4 Å². The predicted octanol–water partition coefficient (Wildman–Crippen LogP) is 1.54. The number of carbonyl (C=O) groups is 1. The van der Waals surface area contributed by atoms with E-state index in [0.29, 0.717) is 5.56 Å². The lowest BCUT2D eigenvalue weighted by Crippen LogP contribution is -2.46. The van der Waals surface area contributed by atoms with Crippen LogP contribution >= 0.6 is 0 Å². The van der Waals surface area contributed by atoms with Crippen LogP contribution in [-0.4, -0.2) is 30.1 Å². The van der Waals surface area contributed by atoms with E-state index in [0.717, 1.165) is 31.6 Å². The Morgan fingerprint density at radius 1 is 1.45 bits per heavy atom. The number of aryl methyl sites for hydroxylation is 1. The molecule has 0 atom stereocenters. The topological polar surface area (TPSA) is 102 Å². The van der Waals surface area contributed by atoms with Crippen molar-refractivity contribution in [3.05, 3.63) is 33.9 Å². The quantitative estimate of drug-likeness (QED) is 0.646. The molecule has 1 fully saturated rings. The summed E-state index contributed by atoms with van der Waals surface area (Å²) in [5.41, 5.74) is 6.88. The van der Waals surface area contributed by atoms with Crippen molar-refractivity contribution in [2.24, 2.45) is 5.73 Å². The highest BCUT2D eigenvalue weighted by Crippen LogP contribution is 2.26. The number of nitro groups is 1. The third-order valence-corrected chi connectivity index (χ3v) is 3.58. The van der Waals surface area contributed by atoms with E-state index in [9.17, 15) is 14.9 Å².